The summed E-state index contributed by atoms with van der Waals surface area (Å²) in [4.78, 5) is 15.4. The molecule has 0 bridgehead atoms. The number of likely N-dealkylation sites (N-methyl/N-ethyl adjacent to an activating group) is 1. The second kappa shape index (κ2) is 5.69. The third-order valence-corrected chi connectivity index (χ3v) is 4.63. The zero-order valence-electron chi connectivity index (χ0n) is 12.1. The number of nitrogens with zero attached hydrogens (tertiary/aromatic N) is 3. The van der Waals surface area contributed by atoms with Gasteiger partial charge in [0, 0.05) is 29.0 Å². The van der Waals surface area contributed by atoms with Crippen LogP contribution in [-0.4, -0.2) is 27.6 Å². The predicted molar refractivity (Wildman–Crippen MR) is 85.2 cm³/mol. The van der Waals surface area contributed by atoms with Crippen LogP contribution < -0.4 is 0 Å². The van der Waals surface area contributed by atoms with Gasteiger partial charge in [0.2, 0.25) is 5.91 Å². The molecule has 1 amide bonds. The Bertz CT molecular complexity index is 715. The van der Waals surface area contributed by atoms with Crippen LogP contribution in [0.5, 0.6) is 0 Å². The monoisotopic (exact) mass is 299 g/mol. The van der Waals surface area contributed by atoms with Gasteiger partial charge in [0.1, 0.15) is 6.04 Å². The fourth-order valence-electron chi connectivity index (χ4n) is 2.37. The maximum atomic E-state index is 12.4. The van der Waals surface area contributed by atoms with Crippen LogP contribution in [-0.2, 0) is 11.3 Å². The number of fused-ring (bicyclic) bond motifs is 1. The molecule has 0 saturated heterocycles. The van der Waals surface area contributed by atoms with Crippen molar-refractivity contribution >= 4 is 27.3 Å². The topological polar surface area (TPSA) is 38.1 Å². The fraction of sp³-hybridized carbons (Fsp3) is 0.250. The summed E-state index contributed by atoms with van der Waals surface area (Å²) < 4.78 is 2.94. The van der Waals surface area contributed by atoms with Crippen LogP contribution in [0.4, 0.5) is 0 Å². The summed E-state index contributed by atoms with van der Waals surface area (Å²) in [5.74, 6) is 0.0659. The summed E-state index contributed by atoms with van der Waals surface area (Å²) in [6, 6.07) is 12.0. The summed E-state index contributed by atoms with van der Waals surface area (Å²) in [6.07, 6.45) is 3.51. The Balaban J connectivity index is 1.73. The van der Waals surface area contributed by atoms with Gasteiger partial charge in [-0.2, -0.15) is 5.10 Å². The molecule has 5 heteroatoms. The van der Waals surface area contributed by atoms with E-state index in [2.05, 4.69) is 23.3 Å². The Kier molecular flexibility index (Phi) is 3.75. The number of aromatic nitrogens is 2. The van der Waals surface area contributed by atoms with E-state index in [1.54, 1.807) is 27.1 Å². The van der Waals surface area contributed by atoms with E-state index in [4.69, 9.17) is 0 Å². The van der Waals surface area contributed by atoms with Gasteiger partial charge in [-0.3, -0.25) is 9.48 Å². The van der Waals surface area contributed by atoms with Crippen molar-refractivity contribution in [3.63, 3.8) is 0 Å². The van der Waals surface area contributed by atoms with Crippen LogP contribution in [0.25, 0.3) is 10.1 Å². The molecule has 0 fully saturated rings. The van der Waals surface area contributed by atoms with Gasteiger partial charge >= 0.3 is 0 Å². The standard InChI is InChI=1S/C16H17N3OS/c1-12(19-9-5-8-17-19)16(20)18(2)11-14-10-13-6-3-4-7-15(13)21-14/h3-10,12H,11H2,1-2H3/t12-/m0/s1. The average Bonchev–Trinajstić information content (AvgIpc) is 3.14. The molecule has 1 atom stereocenters. The molecule has 3 aromatic rings. The first kappa shape index (κ1) is 13.8. The van der Waals surface area contributed by atoms with E-state index in [9.17, 15) is 4.79 Å². The lowest BCUT2D eigenvalue weighted by Gasteiger charge is -2.21. The molecule has 0 aliphatic carbocycles. The van der Waals surface area contributed by atoms with Gasteiger partial charge in [0.05, 0.1) is 6.54 Å². The van der Waals surface area contributed by atoms with Crippen molar-refractivity contribution in [3.05, 3.63) is 53.7 Å². The molecule has 21 heavy (non-hydrogen) atoms. The van der Waals surface area contributed by atoms with Crippen LogP contribution in [0, 0.1) is 0 Å². The van der Waals surface area contributed by atoms with Crippen molar-refractivity contribution in [2.75, 3.05) is 7.05 Å². The molecule has 0 spiro atoms. The van der Waals surface area contributed by atoms with E-state index in [0.29, 0.717) is 6.54 Å². The summed E-state index contributed by atoms with van der Waals surface area (Å²) in [5.41, 5.74) is 0. The van der Waals surface area contributed by atoms with Crippen LogP contribution >= 0.6 is 11.3 Å². The van der Waals surface area contributed by atoms with Crippen molar-refractivity contribution in [1.82, 2.24) is 14.7 Å². The van der Waals surface area contributed by atoms with Gasteiger partial charge in [-0.25, -0.2) is 0 Å². The Hall–Kier alpha value is -2.14. The van der Waals surface area contributed by atoms with Crippen molar-refractivity contribution in [1.29, 1.82) is 0 Å². The van der Waals surface area contributed by atoms with Crippen molar-refractivity contribution in [2.24, 2.45) is 0 Å². The van der Waals surface area contributed by atoms with Gasteiger partial charge in [-0.15, -0.1) is 11.3 Å². The minimum atomic E-state index is -0.278. The first-order chi connectivity index (χ1) is 10.1. The molecule has 0 unspecified atom stereocenters. The molecule has 1 aromatic carbocycles. The van der Waals surface area contributed by atoms with Gasteiger partial charge in [-0.05, 0) is 30.5 Å². The van der Waals surface area contributed by atoms with Gasteiger partial charge < -0.3 is 4.90 Å². The molecule has 0 N–H and O–H groups in total. The van der Waals surface area contributed by atoms with E-state index < -0.39 is 0 Å². The molecule has 0 aliphatic heterocycles. The molecule has 3 rings (SSSR count). The van der Waals surface area contributed by atoms with Gasteiger partial charge in [-0.1, -0.05) is 18.2 Å². The number of benzene rings is 1. The zero-order chi connectivity index (χ0) is 14.8. The lowest BCUT2D eigenvalue weighted by Crippen LogP contribution is -2.32. The van der Waals surface area contributed by atoms with Crippen LogP contribution in [0.2, 0.25) is 0 Å². The summed E-state index contributed by atoms with van der Waals surface area (Å²) in [7, 11) is 1.84. The second-order valence-electron chi connectivity index (χ2n) is 5.11. The quantitative estimate of drug-likeness (QED) is 0.741. The molecule has 0 radical (unpaired) electrons. The maximum Gasteiger partial charge on any atom is 0.247 e. The van der Waals surface area contributed by atoms with Crippen LogP contribution in [0.15, 0.2) is 48.8 Å². The summed E-state index contributed by atoms with van der Waals surface area (Å²) >= 11 is 1.74. The lowest BCUT2D eigenvalue weighted by molar-refractivity contribution is -0.133. The van der Waals surface area contributed by atoms with E-state index in [0.717, 1.165) is 0 Å². The number of carbonyl (C=O) groups excluding carboxylic acids is 1. The van der Waals surface area contributed by atoms with Crippen molar-refractivity contribution < 1.29 is 4.79 Å². The fourth-order valence-corrected chi connectivity index (χ4v) is 3.49. The Morgan fingerprint density at radius 2 is 2.19 bits per heavy atom. The molecular formula is C16H17N3OS. The minimum Gasteiger partial charge on any atom is -0.339 e. The number of carbonyl (C=O) groups is 1. The number of hydrogen-bond acceptors (Lipinski definition) is 3. The van der Waals surface area contributed by atoms with E-state index >= 15 is 0 Å². The van der Waals surface area contributed by atoms with Gasteiger partial charge in [0.15, 0.2) is 0 Å². The van der Waals surface area contributed by atoms with Gasteiger partial charge in [0.25, 0.3) is 0 Å². The molecule has 108 valence electrons. The van der Waals surface area contributed by atoms with Crippen LogP contribution in [0.3, 0.4) is 0 Å². The van der Waals surface area contributed by atoms with Crippen LogP contribution in [0.1, 0.15) is 17.8 Å². The number of thiophene rings is 1. The highest BCUT2D eigenvalue weighted by atomic mass is 32.1. The highest BCUT2D eigenvalue weighted by Gasteiger charge is 2.19. The number of rotatable bonds is 4. The largest absolute Gasteiger partial charge is 0.339 e. The van der Waals surface area contributed by atoms with E-state index in [1.165, 1.54) is 15.0 Å². The lowest BCUT2D eigenvalue weighted by atomic mass is 10.2. The third kappa shape index (κ3) is 2.83. The average molecular weight is 299 g/mol. The SMILES string of the molecule is C[C@@H](C(=O)N(C)Cc1cc2ccccc2s1)n1cccn1. The van der Waals surface area contributed by atoms with Crippen molar-refractivity contribution in [3.8, 4) is 0 Å². The molecule has 0 saturated carbocycles. The van der Waals surface area contributed by atoms with E-state index in [-0.39, 0.29) is 11.9 Å². The third-order valence-electron chi connectivity index (χ3n) is 3.52. The predicted octanol–water partition coefficient (Wildman–Crippen LogP) is 3.32. The highest BCUT2D eigenvalue weighted by Crippen LogP contribution is 2.26. The smallest absolute Gasteiger partial charge is 0.247 e. The molecule has 4 nitrogen and oxygen atoms in total. The van der Waals surface area contributed by atoms with Crippen molar-refractivity contribution in [2.45, 2.75) is 19.5 Å². The first-order valence-corrected chi connectivity index (χ1v) is 7.68. The van der Waals surface area contributed by atoms with E-state index in [1.807, 2.05) is 38.4 Å². The number of hydrogen-bond donors (Lipinski definition) is 0. The Labute approximate surface area is 127 Å². The second-order valence-corrected chi connectivity index (χ2v) is 6.28. The Morgan fingerprint density at radius 1 is 1.38 bits per heavy atom. The molecule has 2 heterocycles. The Morgan fingerprint density at radius 3 is 2.90 bits per heavy atom. The maximum absolute atomic E-state index is 12.4. The first-order valence-electron chi connectivity index (χ1n) is 6.86. The summed E-state index contributed by atoms with van der Waals surface area (Å²) in [5, 5.41) is 5.37. The summed E-state index contributed by atoms with van der Waals surface area (Å²) in [6.45, 7) is 2.50. The minimum absolute atomic E-state index is 0.0659. The normalized spacial score (nSPS) is 12.5. The molecule has 2 aromatic heterocycles. The molecule has 0 aliphatic rings. The zero-order valence-corrected chi connectivity index (χ0v) is 12.9. The highest BCUT2D eigenvalue weighted by molar-refractivity contribution is 7.19. The number of amides is 1. The molecular weight excluding hydrogens is 282 g/mol.